The van der Waals surface area contributed by atoms with Crippen molar-refractivity contribution >= 4 is 17.8 Å². The third kappa shape index (κ3) is 5.90. The number of nitrogens with one attached hydrogen (secondary N) is 1. The van der Waals surface area contributed by atoms with E-state index in [9.17, 15) is 18.8 Å². The van der Waals surface area contributed by atoms with Crippen molar-refractivity contribution in [3.8, 4) is 0 Å². The first-order chi connectivity index (χ1) is 10.1. The molecule has 0 fully saturated rings. The molecule has 1 amide bonds. The zero-order chi connectivity index (χ0) is 16.9. The number of carbonyl (C=O) groups is 3. The molecule has 0 heterocycles. The Hall–Kier alpha value is -2.44. The summed E-state index contributed by atoms with van der Waals surface area (Å²) in [5.41, 5.74) is -0.618. The number of carbonyl (C=O) groups excluding carboxylic acids is 2. The van der Waals surface area contributed by atoms with Crippen LogP contribution in [0.15, 0.2) is 24.3 Å². The summed E-state index contributed by atoms with van der Waals surface area (Å²) in [5, 5.41) is 11.2. The molecule has 0 aliphatic rings. The van der Waals surface area contributed by atoms with Gasteiger partial charge < -0.3 is 15.2 Å². The van der Waals surface area contributed by atoms with Crippen LogP contribution in [0.4, 0.5) is 9.18 Å². The predicted molar refractivity (Wildman–Crippen MR) is 76.1 cm³/mol. The van der Waals surface area contributed by atoms with Crippen LogP contribution in [0.1, 0.15) is 37.6 Å². The van der Waals surface area contributed by atoms with Crippen LogP contribution in [0.5, 0.6) is 0 Å². The van der Waals surface area contributed by atoms with Gasteiger partial charge in [0.25, 0.3) is 0 Å². The van der Waals surface area contributed by atoms with Gasteiger partial charge in [0.2, 0.25) is 0 Å². The van der Waals surface area contributed by atoms with Crippen LogP contribution in [0.3, 0.4) is 0 Å². The third-order valence-electron chi connectivity index (χ3n) is 2.54. The maximum Gasteiger partial charge on any atom is 0.408 e. The van der Waals surface area contributed by atoms with Gasteiger partial charge in [-0.3, -0.25) is 4.79 Å². The van der Waals surface area contributed by atoms with Gasteiger partial charge in [0, 0.05) is 12.0 Å². The van der Waals surface area contributed by atoms with E-state index in [2.05, 4.69) is 5.32 Å². The van der Waals surface area contributed by atoms with Crippen LogP contribution in [0.25, 0.3) is 0 Å². The molecular formula is C15H18FNO5. The Bertz CT molecular complexity index is 562. The van der Waals surface area contributed by atoms with E-state index >= 15 is 0 Å². The lowest BCUT2D eigenvalue weighted by molar-refractivity contribution is -0.139. The highest BCUT2D eigenvalue weighted by molar-refractivity contribution is 5.99. The lowest BCUT2D eigenvalue weighted by atomic mass is 10.0. The molecule has 7 heteroatoms. The summed E-state index contributed by atoms with van der Waals surface area (Å²) in [6.07, 6.45) is -1.38. The van der Waals surface area contributed by atoms with Crippen molar-refractivity contribution in [2.75, 3.05) is 0 Å². The van der Waals surface area contributed by atoms with Crippen molar-refractivity contribution in [1.82, 2.24) is 5.32 Å². The van der Waals surface area contributed by atoms with Gasteiger partial charge in [-0.25, -0.2) is 14.0 Å². The summed E-state index contributed by atoms with van der Waals surface area (Å²) >= 11 is 0. The Kier molecular flexibility index (Phi) is 5.62. The molecule has 0 radical (unpaired) electrons. The minimum Gasteiger partial charge on any atom is -0.480 e. The van der Waals surface area contributed by atoms with E-state index in [1.54, 1.807) is 20.8 Å². The number of rotatable bonds is 5. The van der Waals surface area contributed by atoms with Gasteiger partial charge in [-0.2, -0.15) is 0 Å². The van der Waals surface area contributed by atoms with Crippen molar-refractivity contribution in [3.05, 3.63) is 35.6 Å². The number of halogens is 1. The minimum absolute atomic E-state index is 0.165. The van der Waals surface area contributed by atoms with Crippen molar-refractivity contribution in [3.63, 3.8) is 0 Å². The molecule has 0 aromatic heterocycles. The molecular weight excluding hydrogens is 293 g/mol. The first-order valence-electron chi connectivity index (χ1n) is 6.59. The minimum atomic E-state index is -1.42. The maximum atomic E-state index is 12.8. The first-order valence-corrected chi connectivity index (χ1v) is 6.59. The molecule has 22 heavy (non-hydrogen) atoms. The lowest BCUT2D eigenvalue weighted by Gasteiger charge is -2.21. The molecule has 0 aliphatic carbocycles. The van der Waals surface area contributed by atoms with Gasteiger partial charge in [-0.15, -0.1) is 0 Å². The quantitative estimate of drug-likeness (QED) is 0.814. The van der Waals surface area contributed by atoms with E-state index in [4.69, 9.17) is 9.84 Å². The number of hydrogen-bond acceptors (Lipinski definition) is 4. The Balaban J connectivity index is 2.72. The molecule has 2 N–H and O–H groups in total. The number of aliphatic carboxylic acids is 1. The average molecular weight is 311 g/mol. The molecule has 1 rings (SSSR count). The second-order valence-corrected chi connectivity index (χ2v) is 5.67. The second kappa shape index (κ2) is 7.02. The zero-order valence-corrected chi connectivity index (χ0v) is 12.6. The number of carboxylic acids is 1. The summed E-state index contributed by atoms with van der Waals surface area (Å²) in [4.78, 5) is 34.7. The van der Waals surface area contributed by atoms with E-state index in [0.717, 1.165) is 12.1 Å². The summed E-state index contributed by atoms with van der Waals surface area (Å²) < 4.78 is 17.7. The first kappa shape index (κ1) is 17.6. The highest BCUT2D eigenvalue weighted by Crippen LogP contribution is 2.10. The molecule has 0 saturated carbocycles. The van der Waals surface area contributed by atoms with Crippen LogP contribution < -0.4 is 5.32 Å². The number of ketones is 1. The number of alkyl carbamates (subject to hydrolysis) is 1. The number of Topliss-reactive ketones (excluding diaryl/α,β-unsaturated/α-hetero) is 1. The molecule has 1 atom stereocenters. The average Bonchev–Trinajstić information content (AvgIpc) is 2.36. The molecule has 0 spiro atoms. The molecule has 6 nitrogen and oxygen atoms in total. The number of benzene rings is 1. The topological polar surface area (TPSA) is 92.7 Å². The van der Waals surface area contributed by atoms with E-state index in [1.165, 1.54) is 12.1 Å². The van der Waals surface area contributed by atoms with Gasteiger partial charge in [0.05, 0.1) is 0 Å². The fourth-order valence-corrected chi connectivity index (χ4v) is 1.59. The summed E-state index contributed by atoms with van der Waals surface area (Å²) in [5.74, 6) is -2.39. The monoisotopic (exact) mass is 311 g/mol. The Morgan fingerprint density at radius 2 is 1.77 bits per heavy atom. The smallest absolute Gasteiger partial charge is 0.408 e. The predicted octanol–water partition coefficient (Wildman–Crippen LogP) is 2.38. The number of hydrogen-bond donors (Lipinski definition) is 2. The highest BCUT2D eigenvalue weighted by Gasteiger charge is 2.26. The molecule has 0 saturated heterocycles. The van der Waals surface area contributed by atoms with Gasteiger partial charge in [-0.05, 0) is 45.0 Å². The summed E-state index contributed by atoms with van der Waals surface area (Å²) in [6.45, 7) is 4.89. The normalized spacial score (nSPS) is 12.4. The van der Waals surface area contributed by atoms with Gasteiger partial charge in [-0.1, -0.05) is 0 Å². The molecule has 0 aliphatic heterocycles. The molecule has 1 aromatic rings. The fourth-order valence-electron chi connectivity index (χ4n) is 1.59. The summed E-state index contributed by atoms with van der Waals surface area (Å²) in [7, 11) is 0. The van der Waals surface area contributed by atoms with Gasteiger partial charge in [0.15, 0.2) is 5.78 Å². The Morgan fingerprint density at radius 3 is 2.23 bits per heavy atom. The van der Waals surface area contributed by atoms with E-state index < -0.39 is 41.7 Å². The van der Waals surface area contributed by atoms with Crippen molar-refractivity contribution in [1.29, 1.82) is 0 Å². The molecule has 120 valence electrons. The van der Waals surface area contributed by atoms with Crippen LogP contribution >= 0.6 is 0 Å². The van der Waals surface area contributed by atoms with Crippen LogP contribution in [0, 0.1) is 5.82 Å². The Labute approximate surface area is 127 Å². The SMILES string of the molecule is CC(C)(C)OC(=O)N[C@H](CC(=O)c1ccc(F)cc1)C(=O)O. The van der Waals surface area contributed by atoms with E-state index in [0.29, 0.717) is 0 Å². The Morgan fingerprint density at radius 1 is 1.23 bits per heavy atom. The van der Waals surface area contributed by atoms with Gasteiger partial charge in [0.1, 0.15) is 17.5 Å². The lowest BCUT2D eigenvalue weighted by Crippen LogP contribution is -2.44. The molecule has 1 aromatic carbocycles. The molecule has 0 bridgehead atoms. The van der Waals surface area contributed by atoms with E-state index in [-0.39, 0.29) is 5.56 Å². The highest BCUT2D eigenvalue weighted by atomic mass is 19.1. The summed E-state index contributed by atoms with van der Waals surface area (Å²) in [6, 6.07) is 3.29. The number of amides is 1. The van der Waals surface area contributed by atoms with Gasteiger partial charge >= 0.3 is 12.1 Å². The molecule has 0 unspecified atom stereocenters. The standard InChI is InChI=1S/C15H18FNO5/c1-15(2,3)22-14(21)17-11(13(19)20)8-12(18)9-4-6-10(16)7-5-9/h4-7,11H,8H2,1-3H3,(H,17,21)(H,19,20)/t11-/m1/s1. The van der Waals surface area contributed by atoms with Crippen LogP contribution in [-0.4, -0.2) is 34.6 Å². The van der Waals surface area contributed by atoms with Crippen molar-refractivity contribution < 1.29 is 28.6 Å². The van der Waals surface area contributed by atoms with Crippen LogP contribution in [0.2, 0.25) is 0 Å². The second-order valence-electron chi connectivity index (χ2n) is 5.67. The van der Waals surface area contributed by atoms with Crippen molar-refractivity contribution in [2.45, 2.75) is 38.8 Å². The van der Waals surface area contributed by atoms with Crippen molar-refractivity contribution in [2.24, 2.45) is 0 Å². The maximum absolute atomic E-state index is 12.8. The van der Waals surface area contributed by atoms with Crippen LogP contribution in [-0.2, 0) is 9.53 Å². The number of carboxylic acid groups (broad SMARTS) is 1. The fraction of sp³-hybridized carbons (Fsp3) is 0.400. The third-order valence-corrected chi connectivity index (χ3v) is 2.54. The van der Waals surface area contributed by atoms with E-state index in [1.807, 2.05) is 0 Å². The zero-order valence-electron chi connectivity index (χ0n) is 12.6. The largest absolute Gasteiger partial charge is 0.480 e. The number of ether oxygens (including phenoxy) is 1.